The molecule has 2 aliphatic carbocycles. The van der Waals surface area contributed by atoms with Crippen molar-refractivity contribution in [3.8, 4) is 0 Å². The number of hydrogen-bond donors (Lipinski definition) is 2. The van der Waals surface area contributed by atoms with Crippen LogP contribution in [0.3, 0.4) is 0 Å². The molecule has 0 radical (unpaired) electrons. The lowest BCUT2D eigenvalue weighted by molar-refractivity contribution is -0.167. The van der Waals surface area contributed by atoms with Gasteiger partial charge in [-0.2, -0.15) is 0 Å². The minimum atomic E-state index is -0.393. The van der Waals surface area contributed by atoms with Gasteiger partial charge in [-0.3, -0.25) is 9.59 Å². The molecular formula is C29H39N3O3. The van der Waals surface area contributed by atoms with Crippen molar-refractivity contribution in [2.45, 2.75) is 107 Å². The zero-order chi connectivity index (χ0) is 24.0. The SMILES string of the molecule is C=C1CCC(N2Cc3cc(C[C@H]4CCCC[C@@H]4NC4CCC5(CCO5)CC4)ccc3C2=O)C(=O)N1. The minimum Gasteiger partial charge on any atom is -0.375 e. The van der Waals surface area contributed by atoms with Gasteiger partial charge in [-0.25, -0.2) is 0 Å². The molecule has 0 bridgehead atoms. The van der Waals surface area contributed by atoms with Gasteiger partial charge >= 0.3 is 0 Å². The van der Waals surface area contributed by atoms with E-state index in [0.29, 0.717) is 31.0 Å². The van der Waals surface area contributed by atoms with E-state index in [1.54, 1.807) is 4.90 Å². The number of piperidine rings is 1. The summed E-state index contributed by atoms with van der Waals surface area (Å²) in [7, 11) is 0. The number of carbonyl (C=O) groups excluding carboxylic acids is 2. The van der Waals surface area contributed by atoms with Crippen LogP contribution in [0, 0.1) is 5.92 Å². The average molecular weight is 478 g/mol. The normalized spacial score (nSPS) is 35.1. The van der Waals surface area contributed by atoms with Crippen molar-refractivity contribution in [3.05, 3.63) is 47.2 Å². The first-order valence-electron chi connectivity index (χ1n) is 13.8. The number of carbonyl (C=O) groups is 2. The highest BCUT2D eigenvalue weighted by atomic mass is 16.5. The van der Waals surface area contributed by atoms with Crippen molar-refractivity contribution in [2.75, 3.05) is 6.61 Å². The van der Waals surface area contributed by atoms with Crippen LogP contribution in [0.1, 0.15) is 92.1 Å². The first kappa shape index (κ1) is 23.2. The van der Waals surface area contributed by atoms with Crippen molar-refractivity contribution in [1.82, 2.24) is 15.5 Å². The lowest BCUT2D eigenvalue weighted by Crippen LogP contribution is -2.52. The van der Waals surface area contributed by atoms with E-state index in [2.05, 4.69) is 29.3 Å². The number of allylic oxidation sites excluding steroid dienone is 1. The van der Waals surface area contributed by atoms with E-state index in [1.165, 1.54) is 63.4 Å². The smallest absolute Gasteiger partial charge is 0.255 e. The second kappa shape index (κ2) is 9.36. The molecule has 1 aromatic carbocycles. The van der Waals surface area contributed by atoms with Crippen LogP contribution in [0.5, 0.6) is 0 Å². The summed E-state index contributed by atoms with van der Waals surface area (Å²) in [5.74, 6) is 0.527. The number of hydrogen-bond acceptors (Lipinski definition) is 4. The van der Waals surface area contributed by atoms with Crippen LogP contribution in [0.25, 0.3) is 0 Å². The molecule has 3 heterocycles. The van der Waals surface area contributed by atoms with Crippen LogP contribution >= 0.6 is 0 Å². The predicted molar refractivity (Wildman–Crippen MR) is 135 cm³/mol. The van der Waals surface area contributed by atoms with Gasteiger partial charge in [0.25, 0.3) is 5.91 Å². The third kappa shape index (κ3) is 4.55. The molecule has 6 nitrogen and oxygen atoms in total. The Labute approximate surface area is 208 Å². The maximum Gasteiger partial charge on any atom is 0.255 e. The van der Waals surface area contributed by atoms with Crippen LogP contribution in [0.2, 0.25) is 0 Å². The topological polar surface area (TPSA) is 70.7 Å². The van der Waals surface area contributed by atoms with Gasteiger partial charge in [-0.1, -0.05) is 31.6 Å². The summed E-state index contributed by atoms with van der Waals surface area (Å²) in [6.07, 6.45) is 13.8. The number of nitrogens with zero attached hydrogens (tertiary/aromatic N) is 1. The van der Waals surface area contributed by atoms with Gasteiger partial charge in [0.1, 0.15) is 6.04 Å². The number of nitrogens with one attached hydrogen (secondary N) is 2. The molecule has 3 aliphatic heterocycles. The zero-order valence-electron chi connectivity index (χ0n) is 20.8. The highest BCUT2D eigenvalue weighted by Crippen LogP contribution is 2.41. The summed E-state index contributed by atoms with van der Waals surface area (Å²) in [5, 5.41) is 6.89. The van der Waals surface area contributed by atoms with Gasteiger partial charge in [-0.05, 0) is 87.3 Å². The molecule has 2 saturated heterocycles. The van der Waals surface area contributed by atoms with Gasteiger partial charge in [-0.15, -0.1) is 0 Å². The Hall–Kier alpha value is -2.18. The molecule has 6 heteroatoms. The number of amides is 2. The average Bonchev–Trinajstić information content (AvgIpc) is 3.15. The molecule has 2 amide bonds. The van der Waals surface area contributed by atoms with Crippen LogP contribution in [-0.4, -0.2) is 47.0 Å². The summed E-state index contributed by atoms with van der Waals surface area (Å²) < 4.78 is 5.92. The molecule has 2 saturated carbocycles. The molecule has 1 spiro atoms. The summed E-state index contributed by atoms with van der Waals surface area (Å²) in [6.45, 7) is 5.35. The fourth-order valence-electron chi connectivity index (χ4n) is 7.21. The number of benzene rings is 1. The van der Waals surface area contributed by atoms with Gasteiger partial charge in [0.15, 0.2) is 0 Å². The Morgan fingerprint density at radius 3 is 2.63 bits per heavy atom. The third-order valence-corrected chi connectivity index (χ3v) is 9.42. The van der Waals surface area contributed by atoms with Crippen LogP contribution < -0.4 is 10.6 Å². The van der Waals surface area contributed by atoms with Gasteiger partial charge < -0.3 is 20.3 Å². The maximum atomic E-state index is 13.1. The van der Waals surface area contributed by atoms with Gasteiger partial charge in [0.2, 0.25) is 5.91 Å². The quantitative estimate of drug-likeness (QED) is 0.666. The molecule has 35 heavy (non-hydrogen) atoms. The Kier molecular flexibility index (Phi) is 6.21. The Morgan fingerprint density at radius 1 is 1.09 bits per heavy atom. The molecule has 188 valence electrons. The number of fused-ring (bicyclic) bond motifs is 1. The van der Waals surface area contributed by atoms with Crippen molar-refractivity contribution in [2.24, 2.45) is 5.92 Å². The van der Waals surface area contributed by atoms with E-state index in [9.17, 15) is 9.59 Å². The molecule has 3 atom stereocenters. The molecule has 5 aliphatic rings. The van der Waals surface area contributed by atoms with Gasteiger partial charge in [0, 0.05) is 29.9 Å². The molecular weight excluding hydrogens is 438 g/mol. The number of ether oxygens (including phenoxy) is 1. The van der Waals surface area contributed by atoms with E-state index < -0.39 is 6.04 Å². The lowest BCUT2D eigenvalue weighted by Gasteiger charge is -2.47. The summed E-state index contributed by atoms with van der Waals surface area (Å²) in [4.78, 5) is 27.3. The van der Waals surface area contributed by atoms with Crippen LogP contribution in [-0.2, 0) is 22.5 Å². The second-order valence-corrected chi connectivity index (χ2v) is 11.6. The Morgan fingerprint density at radius 2 is 1.89 bits per heavy atom. The van der Waals surface area contributed by atoms with E-state index in [4.69, 9.17) is 4.74 Å². The molecule has 6 rings (SSSR count). The summed E-state index contributed by atoms with van der Waals surface area (Å²) in [6, 6.07) is 7.19. The second-order valence-electron chi connectivity index (χ2n) is 11.6. The first-order chi connectivity index (χ1) is 17.0. The standard InChI is InChI=1S/C29H39N3O3/c1-19-6-9-26(27(33)30-19)32-18-22-17-20(7-8-24(22)28(32)34)16-21-4-2-3-5-25(21)31-23-10-12-29(13-11-23)14-15-35-29/h7-8,17,21,23,25-26,31H,1-6,9-16,18H2,(H,30,33)/t21-,23?,25+,26?,29?/m1/s1. The van der Waals surface area contributed by atoms with E-state index in [0.717, 1.165) is 36.3 Å². The zero-order valence-corrected chi connectivity index (χ0v) is 20.8. The fourth-order valence-corrected chi connectivity index (χ4v) is 7.21. The van der Waals surface area contributed by atoms with E-state index in [-0.39, 0.29) is 17.4 Å². The highest BCUT2D eigenvalue weighted by molar-refractivity contribution is 6.01. The molecule has 2 N–H and O–H groups in total. The summed E-state index contributed by atoms with van der Waals surface area (Å²) in [5.41, 5.74) is 4.13. The third-order valence-electron chi connectivity index (χ3n) is 9.42. The molecule has 4 fully saturated rings. The molecule has 1 aromatic rings. The van der Waals surface area contributed by atoms with Gasteiger partial charge in [0.05, 0.1) is 12.2 Å². The maximum absolute atomic E-state index is 13.1. The predicted octanol–water partition coefficient (Wildman–Crippen LogP) is 4.23. The van der Waals surface area contributed by atoms with Crippen molar-refractivity contribution >= 4 is 11.8 Å². The lowest BCUT2D eigenvalue weighted by atomic mass is 9.76. The fraction of sp³-hybridized carbons (Fsp3) is 0.655. The van der Waals surface area contributed by atoms with E-state index >= 15 is 0 Å². The Bertz CT molecular complexity index is 1010. The molecule has 0 aromatic heterocycles. The van der Waals surface area contributed by atoms with Crippen molar-refractivity contribution in [1.29, 1.82) is 0 Å². The van der Waals surface area contributed by atoms with Crippen LogP contribution in [0.4, 0.5) is 0 Å². The Balaban J connectivity index is 1.09. The van der Waals surface area contributed by atoms with E-state index in [1.807, 2.05) is 6.07 Å². The number of rotatable bonds is 5. The van der Waals surface area contributed by atoms with Crippen molar-refractivity contribution in [3.63, 3.8) is 0 Å². The largest absolute Gasteiger partial charge is 0.375 e. The molecule has 1 unspecified atom stereocenters. The van der Waals surface area contributed by atoms with Crippen molar-refractivity contribution < 1.29 is 14.3 Å². The highest BCUT2D eigenvalue weighted by Gasteiger charge is 2.42. The minimum absolute atomic E-state index is 0.0121. The van der Waals surface area contributed by atoms with Crippen LogP contribution in [0.15, 0.2) is 30.5 Å². The monoisotopic (exact) mass is 477 g/mol. The first-order valence-corrected chi connectivity index (χ1v) is 13.8. The summed E-state index contributed by atoms with van der Waals surface area (Å²) >= 11 is 0.